The van der Waals surface area contributed by atoms with E-state index in [0.717, 1.165) is 18.2 Å². The van der Waals surface area contributed by atoms with Crippen LogP contribution < -0.4 is 4.74 Å². The Morgan fingerprint density at radius 2 is 2.26 bits per heavy atom. The van der Waals surface area contributed by atoms with Gasteiger partial charge in [-0.05, 0) is 56.5 Å². The largest absolute Gasteiger partial charge is 0.492 e. The number of nitriles is 1. The quantitative estimate of drug-likeness (QED) is 0.832. The number of hydrogen-bond acceptors (Lipinski definition) is 3. The Hall–Kier alpha value is -1.53. The van der Waals surface area contributed by atoms with Crippen molar-refractivity contribution >= 4 is 0 Å². The van der Waals surface area contributed by atoms with E-state index in [9.17, 15) is 0 Å². The fourth-order valence-electron chi connectivity index (χ4n) is 2.49. The van der Waals surface area contributed by atoms with Crippen molar-refractivity contribution in [1.82, 2.24) is 4.90 Å². The standard InChI is InChI=1S/C16H22N2O/c1-14-4-3-8-18(9-7-14)10-11-19-16-6-2-5-15(12-16)13-17/h2,5-6,12,14H,3-4,7-11H2,1H3. The van der Waals surface area contributed by atoms with Crippen molar-refractivity contribution in [3.8, 4) is 11.8 Å². The van der Waals surface area contributed by atoms with Crippen LogP contribution in [0, 0.1) is 17.2 Å². The molecule has 0 spiro atoms. The summed E-state index contributed by atoms with van der Waals surface area (Å²) in [5.74, 6) is 1.65. The predicted octanol–water partition coefficient (Wildman–Crippen LogP) is 3.06. The maximum Gasteiger partial charge on any atom is 0.120 e. The van der Waals surface area contributed by atoms with Crippen LogP contribution in [0.25, 0.3) is 0 Å². The van der Waals surface area contributed by atoms with E-state index in [2.05, 4.69) is 17.9 Å². The molecule has 2 rings (SSSR count). The first kappa shape index (κ1) is 13.9. The minimum Gasteiger partial charge on any atom is -0.492 e. The normalized spacial score (nSPS) is 20.5. The minimum atomic E-state index is 0.654. The van der Waals surface area contributed by atoms with Gasteiger partial charge in [-0.3, -0.25) is 4.90 Å². The molecule has 3 heteroatoms. The van der Waals surface area contributed by atoms with Crippen LogP contribution >= 0.6 is 0 Å². The van der Waals surface area contributed by atoms with Gasteiger partial charge in [-0.1, -0.05) is 13.0 Å². The molecule has 1 aliphatic heterocycles. The van der Waals surface area contributed by atoms with Crippen molar-refractivity contribution in [3.05, 3.63) is 29.8 Å². The van der Waals surface area contributed by atoms with E-state index in [-0.39, 0.29) is 0 Å². The highest BCUT2D eigenvalue weighted by atomic mass is 16.5. The molecule has 0 radical (unpaired) electrons. The van der Waals surface area contributed by atoms with E-state index >= 15 is 0 Å². The molecule has 1 atom stereocenters. The summed E-state index contributed by atoms with van der Waals surface area (Å²) in [6, 6.07) is 9.49. The van der Waals surface area contributed by atoms with Crippen LogP contribution in [-0.2, 0) is 0 Å². The number of rotatable bonds is 4. The molecular weight excluding hydrogens is 236 g/mol. The third kappa shape index (κ3) is 4.57. The average Bonchev–Trinajstić information content (AvgIpc) is 2.64. The van der Waals surface area contributed by atoms with E-state index in [4.69, 9.17) is 10.00 Å². The number of likely N-dealkylation sites (tertiary alicyclic amines) is 1. The molecule has 0 saturated carbocycles. The predicted molar refractivity (Wildman–Crippen MR) is 76.1 cm³/mol. The Balaban J connectivity index is 1.75. The van der Waals surface area contributed by atoms with E-state index in [1.807, 2.05) is 12.1 Å². The van der Waals surface area contributed by atoms with Gasteiger partial charge in [0.1, 0.15) is 12.4 Å². The van der Waals surface area contributed by atoms with Gasteiger partial charge < -0.3 is 4.74 Å². The van der Waals surface area contributed by atoms with Crippen LogP contribution in [0.2, 0.25) is 0 Å². The molecule has 0 amide bonds. The third-order valence-electron chi connectivity index (χ3n) is 3.75. The number of ether oxygens (including phenoxy) is 1. The maximum atomic E-state index is 8.83. The highest BCUT2D eigenvalue weighted by Gasteiger charge is 2.13. The van der Waals surface area contributed by atoms with Gasteiger partial charge >= 0.3 is 0 Å². The lowest BCUT2D eigenvalue weighted by Crippen LogP contribution is -2.29. The minimum absolute atomic E-state index is 0.654. The Morgan fingerprint density at radius 1 is 1.37 bits per heavy atom. The molecule has 1 saturated heterocycles. The molecule has 0 aliphatic carbocycles. The van der Waals surface area contributed by atoms with Crippen LogP contribution in [0.15, 0.2) is 24.3 Å². The Morgan fingerprint density at radius 3 is 3.11 bits per heavy atom. The average molecular weight is 258 g/mol. The SMILES string of the molecule is CC1CCCN(CCOc2cccc(C#N)c2)CC1. The van der Waals surface area contributed by atoms with Gasteiger partial charge in [-0.25, -0.2) is 0 Å². The molecule has 1 fully saturated rings. The molecule has 19 heavy (non-hydrogen) atoms. The second kappa shape index (κ2) is 7.16. The summed E-state index contributed by atoms with van der Waals surface area (Å²) >= 11 is 0. The topological polar surface area (TPSA) is 36.3 Å². The molecule has 1 heterocycles. The fraction of sp³-hybridized carbons (Fsp3) is 0.562. The van der Waals surface area contributed by atoms with Gasteiger partial charge in [-0.15, -0.1) is 0 Å². The highest BCUT2D eigenvalue weighted by molar-refractivity contribution is 5.36. The van der Waals surface area contributed by atoms with Crippen molar-refractivity contribution in [1.29, 1.82) is 5.26 Å². The number of benzene rings is 1. The van der Waals surface area contributed by atoms with Crippen LogP contribution in [0.1, 0.15) is 31.7 Å². The monoisotopic (exact) mass is 258 g/mol. The Kier molecular flexibility index (Phi) is 5.23. The molecule has 0 bridgehead atoms. The highest BCUT2D eigenvalue weighted by Crippen LogP contribution is 2.16. The lowest BCUT2D eigenvalue weighted by Gasteiger charge is -2.19. The lowest BCUT2D eigenvalue weighted by atomic mass is 10.0. The lowest BCUT2D eigenvalue weighted by molar-refractivity contribution is 0.212. The van der Waals surface area contributed by atoms with Gasteiger partial charge in [0.25, 0.3) is 0 Å². The van der Waals surface area contributed by atoms with E-state index in [1.165, 1.54) is 32.4 Å². The molecule has 102 valence electrons. The molecule has 1 aromatic carbocycles. The summed E-state index contributed by atoms with van der Waals surface area (Å²) in [6.07, 6.45) is 3.94. The van der Waals surface area contributed by atoms with Gasteiger partial charge in [0.2, 0.25) is 0 Å². The van der Waals surface area contributed by atoms with E-state index < -0.39 is 0 Å². The van der Waals surface area contributed by atoms with Crippen molar-refractivity contribution in [3.63, 3.8) is 0 Å². The molecule has 3 nitrogen and oxygen atoms in total. The summed E-state index contributed by atoms with van der Waals surface area (Å²) in [5.41, 5.74) is 0.654. The van der Waals surface area contributed by atoms with Gasteiger partial charge in [0.05, 0.1) is 11.6 Å². The zero-order chi connectivity index (χ0) is 13.5. The van der Waals surface area contributed by atoms with Crippen molar-refractivity contribution < 1.29 is 4.74 Å². The zero-order valence-electron chi connectivity index (χ0n) is 11.6. The summed E-state index contributed by atoms with van der Waals surface area (Å²) in [5, 5.41) is 8.83. The van der Waals surface area contributed by atoms with Crippen molar-refractivity contribution in [2.45, 2.75) is 26.2 Å². The first-order valence-corrected chi connectivity index (χ1v) is 7.13. The molecule has 0 aromatic heterocycles. The molecule has 1 unspecified atom stereocenters. The Labute approximate surface area is 115 Å². The van der Waals surface area contributed by atoms with Crippen molar-refractivity contribution in [2.75, 3.05) is 26.2 Å². The van der Waals surface area contributed by atoms with Gasteiger partial charge in [0, 0.05) is 6.54 Å². The van der Waals surface area contributed by atoms with Crippen LogP contribution in [0.3, 0.4) is 0 Å². The summed E-state index contributed by atoms with van der Waals surface area (Å²) < 4.78 is 5.73. The van der Waals surface area contributed by atoms with Crippen molar-refractivity contribution in [2.24, 2.45) is 5.92 Å². The van der Waals surface area contributed by atoms with Gasteiger partial charge in [0.15, 0.2) is 0 Å². The molecular formula is C16H22N2O. The second-order valence-corrected chi connectivity index (χ2v) is 5.37. The fourth-order valence-corrected chi connectivity index (χ4v) is 2.49. The summed E-state index contributed by atoms with van der Waals surface area (Å²) in [6.45, 7) is 6.38. The van der Waals surface area contributed by atoms with E-state index in [0.29, 0.717) is 12.2 Å². The molecule has 1 aromatic rings. The van der Waals surface area contributed by atoms with Crippen LogP contribution in [0.5, 0.6) is 5.75 Å². The van der Waals surface area contributed by atoms with Gasteiger partial charge in [-0.2, -0.15) is 5.26 Å². The summed E-state index contributed by atoms with van der Waals surface area (Å²) in [4.78, 5) is 2.48. The maximum absolute atomic E-state index is 8.83. The number of nitrogens with zero attached hydrogens (tertiary/aromatic N) is 2. The molecule has 1 aliphatic rings. The third-order valence-corrected chi connectivity index (χ3v) is 3.75. The zero-order valence-corrected chi connectivity index (χ0v) is 11.6. The smallest absolute Gasteiger partial charge is 0.120 e. The van der Waals surface area contributed by atoms with Crippen LogP contribution in [0.4, 0.5) is 0 Å². The first-order valence-electron chi connectivity index (χ1n) is 7.13. The second-order valence-electron chi connectivity index (χ2n) is 5.37. The molecule has 0 N–H and O–H groups in total. The van der Waals surface area contributed by atoms with Crippen LogP contribution in [-0.4, -0.2) is 31.1 Å². The first-order chi connectivity index (χ1) is 9.28. The van der Waals surface area contributed by atoms with E-state index in [1.54, 1.807) is 12.1 Å². The Bertz CT molecular complexity index is 439. The summed E-state index contributed by atoms with van der Waals surface area (Å²) in [7, 11) is 0. The number of hydrogen-bond donors (Lipinski definition) is 0.